The van der Waals surface area contributed by atoms with Crippen LogP contribution < -0.4 is 31.1 Å². The van der Waals surface area contributed by atoms with Gasteiger partial charge in [0.2, 0.25) is 0 Å². The van der Waals surface area contributed by atoms with Crippen LogP contribution in [-0.4, -0.2) is 171 Å². The van der Waals surface area contributed by atoms with Crippen molar-refractivity contribution in [3.8, 4) is 0 Å². The van der Waals surface area contributed by atoms with Gasteiger partial charge in [0, 0.05) is 83.2 Å². The fraction of sp³-hybridized carbons (Fsp3) is 0.382. The summed E-state index contributed by atoms with van der Waals surface area (Å²) in [6.07, 6.45) is -9.63. The van der Waals surface area contributed by atoms with E-state index in [0.29, 0.717) is 65.2 Å². The number of aliphatic hydroxyl groups excluding tert-OH is 6. The van der Waals surface area contributed by atoms with Crippen molar-refractivity contribution in [1.82, 2.24) is 31.1 Å². The van der Waals surface area contributed by atoms with Gasteiger partial charge in [-0.2, -0.15) is 0 Å². The normalized spacial score (nSPS) is 16.9. The molecule has 91 heavy (non-hydrogen) atoms. The van der Waals surface area contributed by atoms with E-state index in [2.05, 4.69) is 104 Å². The number of benzene rings is 6. The average molecular weight is 1440 g/mol. The maximum absolute atomic E-state index is 12.7. The van der Waals surface area contributed by atoms with E-state index in [1.165, 1.54) is 20.9 Å². The van der Waals surface area contributed by atoms with Crippen molar-refractivity contribution in [2.75, 3.05) is 62.2 Å². The highest BCUT2D eigenvalue weighted by Crippen LogP contribution is 2.26. The van der Waals surface area contributed by atoms with E-state index in [1.807, 2.05) is 135 Å². The molecule has 0 spiro atoms. The highest BCUT2D eigenvalue weighted by atomic mass is 79.9. The number of piperazine rings is 2. The van der Waals surface area contributed by atoms with E-state index in [0.717, 1.165) is 58.2 Å². The van der Waals surface area contributed by atoms with E-state index in [-0.39, 0.29) is 24.2 Å². The van der Waals surface area contributed by atoms with Crippen molar-refractivity contribution in [3.05, 3.63) is 197 Å². The van der Waals surface area contributed by atoms with Crippen molar-refractivity contribution in [3.63, 3.8) is 0 Å². The zero-order chi connectivity index (χ0) is 66.2. The van der Waals surface area contributed by atoms with Gasteiger partial charge in [0.15, 0.2) is 36.6 Å². The standard InChI is InChI=1S/C24H30BrN3O4.C23H28BrN3O4.C21H23BrN2O4/c1-15-4-5-16(2)20(14-15)27-10-12-28(13-11-27)24(32)22(30)21(29)23(31)26-17(3)18-6-8-19(25)9-7-18;1-15-5-3-4-6-19(15)26-11-13-27(14-12-26)23(31)21(29)20(28)22(30)25-16(2)17-7-9-18(24)10-8-17;1-12(13-6-8-16(22)9-7-13)23-20(27)18(25)19(26)21(28)24-17-10-14-4-2-3-5-15(14)11-17/h4-9,14,17,21-22,29-30H,10-13H2,1-3H3,(H,26,31);3-10,16,20-21,28-29H,11-14H2,1-2H3,(H,25,30);2-9,12,17-19,25-26H,10-11H2,1H3,(H,23,27)(H,24,28)/t17-,21+,22+;16-,20+,21+;12-,18+,19+/m000/s1. The Balaban J connectivity index is 0.000000194. The second kappa shape index (κ2) is 33.5. The highest BCUT2D eigenvalue weighted by molar-refractivity contribution is 9.11. The lowest BCUT2D eigenvalue weighted by Gasteiger charge is -2.38. The number of halogens is 3. The Morgan fingerprint density at radius 1 is 0.407 bits per heavy atom. The van der Waals surface area contributed by atoms with Crippen LogP contribution in [0.15, 0.2) is 153 Å². The molecule has 9 rings (SSSR count). The van der Waals surface area contributed by atoms with Crippen LogP contribution in [-0.2, 0) is 41.6 Å². The number of aliphatic hydroxyl groups is 6. The molecular weight excluding hydrogens is 1360 g/mol. The first kappa shape index (κ1) is 71.4. The van der Waals surface area contributed by atoms with E-state index in [1.54, 1.807) is 20.8 Å². The summed E-state index contributed by atoms with van der Waals surface area (Å²) < 4.78 is 2.74. The van der Waals surface area contributed by atoms with Crippen LogP contribution in [0.1, 0.15) is 83.4 Å². The first-order valence-electron chi connectivity index (χ1n) is 30.1. The summed E-state index contributed by atoms with van der Waals surface area (Å²) in [5.74, 6) is -4.39. The van der Waals surface area contributed by atoms with Crippen LogP contribution in [0.3, 0.4) is 0 Å². The Bertz CT molecular complexity index is 3420. The molecule has 3 aliphatic rings. The Kier molecular flexibility index (Phi) is 26.3. The highest BCUT2D eigenvalue weighted by Gasteiger charge is 2.38. The number of amides is 6. The zero-order valence-electron chi connectivity index (χ0n) is 51.7. The number of rotatable bonds is 18. The number of hydrogen-bond donors (Lipinski definition) is 10. The molecule has 6 aromatic carbocycles. The quantitative estimate of drug-likeness (QED) is 0.0476. The number of carbonyl (C=O) groups is 6. The minimum atomic E-state index is -1.85. The molecule has 1 aliphatic carbocycles. The lowest BCUT2D eigenvalue weighted by atomic mass is 10.1. The molecule has 2 saturated heterocycles. The summed E-state index contributed by atoms with van der Waals surface area (Å²) in [4.78, 5) is 82.1. The van der Waals surface area contributed by atoms with Crippen LogP contribution in [0, 0.1) is 20.8 Å². The molecule has 23 heteroatoms. The molecule has 0 bridgehead atoms. The number of fused-ring (bicyclic) bond motifs is 1. The maximum atomic E-state index is 12.7. The summed E-state index contributed by atoms with van der Waals surface area (Å²) in [7, 11) is 0. The Morgan fingerprint density at radius 2 is 0.736 bits per heavy atom. The van der Waals surface area contributed by atoms with Crippen LogP contribution >= 0.6 is 47.8 Å². The third-order valence-electron chi connectivity index (χ3n) is 16.4. The van der Waals surface area contributed by atoms with Gasteiger partial charge < -0.3 is 71.5 Å². The lowest BCUT2D eigenvalue weighted by molar-refractivity contribution is -0.153. The summed E-state index contributed by atoms with van der Waals surface area (Å²) in [5.41, 5.74) is 10.6. The third-order valence-corrected chi connectivity index (χ3v) is 18.0. The molecule has 2 fully saturated rings. The van der Waals surface area contributed by atoms with E-state index in [9.17, 15) is 59.4 Å². The molecule has 9 atom stereocenters. The zero-order valence-corrected chi connectivity index (χ0v) is 56.4. The van der Waals surface area contributed by atoms with Crippen LogP contribution in [0.2, 0.25) is 0 Å². The minimum Gasteiger partial charge on any atom is -0.380 e. The Labute approximate surface area is 556 Å². The van der Waals surface area contributed by atoms with Gasteiger partial charge in [-0.05, 0) is 147 Å². The first-order valence-corrected chi connectivity index (χ1v) is 32.5. The number of para-hydroxylation sites is 1. The Hall–Kier alpha value is -7.06. The first-order chi connectivity index (χ1) is 43.3. The predicted molar refractivity (Wildman–Crippen MR) is 359 cm³/mol. The van der Waals surface area contributed by atoms with Gasteiger partial charge >= 0.3 is 0 Å². The van der Waals surface area contributed by atoms with Gasteiger partial charge in [0.1, 0.15) is 0 Å². The summed E-state index contributed by atoms with van der Waals surface area (Å²) in [5, 5.41) is 72.1. The van der Waals surface area contributed by atoms with Crippen molar-refractivity contribution in [2.24, 2.45) is 0 Å². The number of carbonyl (C=O) groups excluding carboxylic acids is 6. The van der Waals surface area contributed by atoms with Crippen molar-refractivity contribution < 1.29 is 59.4 Å². The molecule has 6 aromatic rings. The van der Waals surface area contributed by atoms with Crippen LogP contribution in [0.4, 0.5) is 11.4 Å². The molecular formula is C68H81Br3N8O12. The smallest absolute Gasteiger partial charge is 0.254 e. The van der Waals surface area contributed by atoms with Gasteiger partial charge in [-0.1, -0.05) is 139 Å². The largest absolute Gasteiger partial charge is 0.380 e. The second-order valence-electron chi connectivity index (χ2n) is 23.1. The van der Waals surface area contributed by atoms with Crippen LogP contribution in [0.25, 0.3) is 0 Å². The minimum absolute atomic E-state index is 0.156. The van der Waals surface area contributed by atoms with Crippen molar-refractivity contribution in [2.45, 2.75) is 115 Å². The van der Waals surface area contributed by atoms with E-state index >= 15 is 0 Å². The van der Waals surface area contributed by atoms with Gasteiger partial charge in [-0.3, -0.25) is 28.8 Å². The van der Waals surface area contributed by atoms with Gasteiger partial charge in [-0.15, -0.1) is 0 Å². The SMILES string of the molecule is C[C@H](NC(=O)[C@H](O)[C@@H](O)C(=O)NC1Cc2ccccc2C1)c1ccc(Br)cc1.Cc1ccc(C)c(N2CCN(C(=O)[C@H](O)[C@@H](O)C(=O)N[C@@H](C)c3ccc(Br)cc3)CC2)c1.Cc1ccccc1N1CCN(C(=O)[C@H](O)[C@@H](O)C(=O)N[C@@H](C)c2ccc(Br)cc2)CC1. The maximum Gasteiger partial charge on any atom is 0.254 e. The molecule has 10 N–H and O–H groups in total. The van der Waals surface area contributed by atoms with Gasteiger partial charge in [0.25, 0.3) is 35.4 Å². The molecule has 2 heterocycles. The third kappa shape index (κ3) is 19.7. The summed E-state index contributed by atoms with van der Waals surface area (Å²) in [6.45, 7) is 15.6. The molecule has 6 amide bonds. The molecule has 2 aliphatic heterocycles. The number of nitrogens with zero attached hydrogens (tertiary/aromatic N) is 4. The second-order valence-corrected chi connectivity index (χ2v) is 25.8. The fourth-order valence-corrected chi connectivity index (χ4v) is 11.7. The number of anilines is 2. The van der Waals surface area contributed by atoms with Crippen molar-refractivity contribution in [1.29, 1.82) is 0 Å². The fourth-order valence-electron chi connectivity index (χ4n) is 10.9. The molecule has 0 unspecified atom stereocenters. The van der Waals surface area contributed by atoms with E-state index < -0.39 is 72.1 Å². The van der Waals surface area contributed by atoms with Gasteiger partial charge in [-0.25, -0.2) is 0 Å². The molecule has 0 aromatic heterocycles. The summed E-state index contributed by atoms with van der Waals surface area (Å²) in [6, 6.07) is 43.1. The molecule has 486 valence electrons. The average Bonchev–Trinajstić information content (AvgIpc) is 2.13. The Morgan fingerprint density at radius 3 is 1.12 bits per heavy atom. The summed E-state index contributed by atoms with van der Waals surface area (Å²) >= 11 is 10.1. The number of aryl methyl sites for hydroxylation is 3. The molecule has 0 saturated carbocycles. The number of nitrogens with one attached hydrogen (secondary N) is 4. The van der Waals surface area contributed by atoms with Crippen LogP contribution in [0.5, 0.6) is 0 Å². The van der Waals surface area contributed by atoms with Gasteiger partial charge in [0.05, 0.1) is 18.1 Å². The number of hydrogen-bond acceptors (Lipinski definition) is 14. The molecule has 20 nitrogen and oxygen atoms in total. The monoisotopic (exact) mass is 1440 g/mol. The topological polar surface area (TPSA) is 285 Å². The predicted octanol–water partition coefficient (Wildman–Crippen LogP) is 5.95. The van der Waals surface area contributed by atoms with Crippen molar-refractivity contribution >= 4 is 94.6 Å². The van der Waals surface area contributed by atoms with E-state index in [4.69, 9.17) is 0 Å². The molecule has 0 radical (unpaired) electrons. The lowest BCUT2D eigenvalue weighted by Crippen LogP contribution is -2.56.